The van der Waals surface area contributed by atoms with Crippen molar-refractivity contribution in [3.63, 3.8) is 0 Å². The molecule has 1 heterocycles. The summed E-state index contributed by atoms with van der Waals surface area (Å²) in [6.45, 7) is 1.96. The number of nitrogens with one attached hydrogen (secondary N) is 1. The van der Waals surface area contributed by atoms with Gasteiger partial charge in [-0.25, -0.2) is 4.98 Å². The van der Waals surface area contributed by atoms with Crippen LogP contribution < -0.4 is 5.32 Å². The van der Waals surface area contributed by atoms with Gasteiger partial charge in [-0.2, -0.15) is 0 Å². The smallest absolute Gasteiger partial charge is 0.230 e. The predicted molar refractivity (Wildman–Crippen MR) is 104 cm³/mol. The summed E-state index contributed by atoms with van der Waals surface area (Å²) in [5.74, 6) is 1.19. The van der Waals surface area contributed by atoms with Crippen molar-refractivity contribution >= 4 is 50.8 Å². The van der Waals surface area contributed by atoms with E-state index in [2.05, 4.69) is 16.4 Å². The Morgan fingerprint density at radius 1 is 1.29 bits per heavy atom. The summed E-state index contributed by atoms with van der Waals surface area (Å²) < 4.78 is 1.19. The molecule has 0 aliphatic rings. The number of rotatable bonds is 6. The minimum Gasteiger partial charge on any atom is -0.349 e. The Kier molecular flexibility index (Phi) is 5.76. The van der Waals surface area contributed by atoms with E-state index in [4.69, 9.17) is 11.6 Å². The molecule has 0 aliphatic heterocycles. The van der Waals surface area contributed by atoms with Crippen molar-refractivity contribution in [3.05, 3.63) is 64.1 Å². The van der Waals surface area contributed by atoms with Crippen LogP contribution in [0, 0.1) is 0 Å². The molecule has 1 atom stereocenters. The van der Waals surface area contributed by atoms with Gasteiger partial charge in [0.2, 0.25) is 5.91 Å². The van der Waals surface area contributed by atoms with Gasteiger partial charge in [0.1, 0.15) is 5.01 Å². The van der Waals surface area contributed by atoms with Crippen molar-refractivity contribution in [1.82, 2.24) is 10.3 Å². The Labute approximate surface area is 154 Å². The Balaban J connectivity index is 1.48. The number of fused-ring (bicyclic) bond motifs is 1. The third kappa shape index (κ3) is 4.50. The molecule has 2 aromatic carbocycles. The van der Waals surface area contributed by atoms with Crippen molar-refractivity contribution < 1.29 is 4.79 Å². The van der Waals surface area contributed by atoms with Gasteiger partial charge < -0.3 is 5.32 Å². The van der Waals surface area contributed by atoms with Crippen LogP contribution in [0.1, 0.15) is 23.5 Å². The number of amides is 1. The molecule has 24 heavy (non-hydrogen) atoms. The number of thiazole rings is 1. The average Bonchev–Trinajstić information content (AvgIpc) is 2.97. The van der Waals surface area contributed by atoms with Gasteiger partial charge >= 0.3 is 0 Å². The Morgan fingerprint density at radius 2 is 2.12 bits per heavy atom. The van der Waals surface area contributed by atoms with Crippen LogP contribution >= 0.6 is 34.7 Å². The van der Waals surface area contributed by atoms with E-state index in [1.807, 2.05) is 49.4 Å². The summed E-state index contributed by atoms with van der Waals surface area (Å²) in [7, 11) is 0. The van der Waals surface area contributed by atoms with E-state index in [1.165, 1.54) is 4.70 Å². The molecule has 0 fully saturated rings. The van der Waals surface area contributed by atoms with Gasteiger partial charge in [-0.15, -0.1) is 23.1 Å². The molecule has 0 bridgehead atoms. The highest BCUT2D eigenvalue weighted by molar-refractivity contribution is 7.99. The molecule has 0 saturated carbocycles. The molecule has 6 heteroatoms. The molecule has 1 N–H and O–H groups in total. The lowest BCUT2D eigenvalue weighted by atomic mass is 10.1. The first-order valence-electron chi connectivity index (χ1n) is 7.59. The molecular weight excluding hydrogens is 360 g/mol. The van der Waals surface area contributed by atoms with Gasteiger partial charge in [0.25, 0.3) is 0 Å². The van der Waals surface area contributed by atoms with Crippen LogP contribution in [0.2, 0.25) is 5.02 Å². The van der Waals surface area contributed by atoms with Crippen molar-refractivity contribution in [3.8, 4) is 0 Å². The van der Waals surface area contributed by atoms with E-state index in [1.54, 1.807) is 23.1 Å². The van der Waals surface area contributed by atoms with E-state index >= 15 is 0 Å². The van der Waals surface area contributed by atoms with Crippen LogP contribution in [0.5, 0.6) is 0 Å². The number of thioether (sulfide) groups is 1. The van der Waals surface area contributed by atoms with Crippen LogP contribution in [-0.4, -0.2) is 16.6 Å². The predicted octanol–water partition coefficient (Wildman–Crippen LogP) is 5.06. The standard InChI is InChI=1S/C18H17ClN2OS2/c1-12(13-5-4-6-14(19)9-13)20-17(22)10-23-11-18-21-15-7-2-3-8-16(15)24-18/h2-9,12H,10-11H2,1H3,(H,20,22). The van der Waals surface area contributed by atoms with Gasteiger partial charge in [-0.05, 0) is 36.8 Å². The molecule has 0 radical (unpaired) electrons. The molecule has 3 nitrogen and oxygen atoms in total. The first kappa shape index (κ1) is 17.3. The topological polar surface area (TPSA) is 42.0 Å². The summed E-state index contributed by atoms with van der Waals surface area (Å²) >= 11 is 9.25. The molecule has 1 amide bonds. The molecule has 3 rings (SSSR count). The van der Waals surface area contributed by atoms with Crippen molar-refractivity contribution in [2.24, 2.45) is 0 Å². The Morgan fingerprint density at radius 3 is 2.92 bits per heavy atom. The van der Waals surface area contributed by atoms with E-state index in [0.717, 1.165) is 21.8 Å². The number of hydrogen-bond donors (Lipinski definition) is 1. The lowest BCUT2D eigenvalue weighted by molar-refractivity contribution is -0.119. The van der Waals surface area contributed by atoms with Gasteiger partial charge in [-0.3, -0.25) is 4.79 Å². The fourth-order valence-corrected chi connectivity index (χ4v) is 4.41. The number of carbonyl (C=O) groups excluding carboxylic acids is 1. The van der Waals surface area contributed by atoms with E-state index in [9.17, 15) is 4.79 Å². The lowest BCUT2D eigenvalue weighted by Crippen LogP contribution is -2.28. The van der Waals surface area contributed by atoms with Crippen LogP contribution in [0.3, 0.4) is 0 Å². The Hall–Kier alpha value is -1.56. The summed E-state index contributed by atoms with van der Waals surface area (Å²) in [5.41, 5.74) is 2.03. The largest absolute Gasteiger partial charge is 0.349 e. The first-order valence-corrected chi connectivity index (χ1v) is 9.94. The maximum Gasteiger partial charge on any atom is 0.230 e. The van der Waals surface area contributed by atoms with Crippen molar-refractivity contribution in [2.75, 3.05) is 5.75 Å². The van der Waals surface area contributed by atoms with Gasteiger partial charge in [0.15, 0.2) is 0 Å². The molecule has 0 spiro atoms. The highest BCUT2D eigenvalue weighted by Gasteiger charge is 2.11. The quantitative estimate of drug-likeness (QED) is 0.653. The molecule has 0 saturated heterocycles. The zero-order valence-electron chi connectivity index (χ0n) is 13.2. The van der Waals surface area contributed by atoms with Crippen LogP contribution in [0.4, 0.5) is 0 Å². The monoisotopic (exact) mass is 376 g/mol. The lowest BCUT2D eigenvalue weighted by Gasteiger charge is -2.14. The molecular formula is C18H17ClN2OS2. The second-order valence-electron chi connectivity index (χ2n) is 5.41. The van der Waals surface area contributed by atoms with E-state index in [0.29, 0.717) is 10.8 Å². The Bertz CT molecular complexity index is 817. The number of carbonyl (C=O) groups is 1. The van der Waals surface area contributed by atoms with E-state index in [-0.39, 0.29) is 11.9 Å². The highest BCUT2D eigenvalue weighted by Crippen LogP contribution is 2.25. The summed E-state index contributed by atoms with van der Waals surface area (Å²) in [6.07, 6.45) is 0. The van der Waals surface area contributed by atoms with Gasteiger partial charge in [0, 0.05) is 10.8 Å². The third-order valence-electron chi connectivity index (χ3n) is 3.52. The number of benzene rings is 2. The fourth-order valence-electron chi connectivity index (χ4n) is 2.36. The maximum absolute atomic E-state index is 12.1. The normalized spacial score (nSPS) is 12.2. The van der Waals surface area contributed by atoms with Crippen molar-refractivity contribution in [2.45, 2.75) is 18.7 Å². The minimum atomic E-state index is -0.0562. The number of aromatic nitrogens is 1. The summed E-state index contributed by atoms with van der Waals surface area (Å²) in [5, 5.41) is 4.73. The average molecular weight is 377 g/mol. The first-order chi connectivity index (χ1) is 11.6. The minimum absolute atomic E-state index is 0.0218. The summed E-state index contributed by atoms with van der Waals surface area (Å²) in [6, 6.07) is 15.6. The number of nitrogens with zero attached hydrogens (tertiary/aromatic N) is 1. The SMILES string of the molecule is CC(NC(=O)CSCc1nc2ccccc2s1)c1cccc(Cl)c1. The molecule has 124 valence electrons. The van der Waals surface area contributed by atoms with Gasteiger partial charge in [-0.1, -0.05) is 35.9 Å². The molecule has 0 aliphatic carbocycles. The molecule has 1 aromatic heterocycles. The maximum atomic E-state index is 12.1. The second-order valence-corrected chi connectivity index (χ2v) is 7.95. The van der Waals surface area contributed by atoms with Crippen LogP contribution in [-0.2, 0) is 10.5 Å². The fraction of sp³-hybridized carbons (Fsp3) is 0.222. The number of halogens is 1. The highest BCUT2D eigenvalue weighted by atomic mass is 35.5. The number of hydrogen-bond acceptors (Lipinski definition) is 4. The molecule has 1 unspecified atom stereocenters. The van der Waals surface area contributed by atoms with Crippen molar-refractivity contribution in [1.29, 1.82) is 0 Å². The number of para-hydroxylation sites is 1. The summed E-state index contributed by atoms with van der Waals surface area (Å²) in [4.78, 5) is 16.7. The third-order valence-corrected chi connectivity index (χ3v) is 5.92. The van der Waals surface area contributed by atoms with Crippen LogP contribution in [0.25, 0.3) is 10.2 Å². The van der Waals surface area contributed by atoms with Gasteiger partial charge in [0.05, 0.1) is 22.0 Å². The van der Waals surface area contributed by atoms with E-state index < -0.39 is 0 Å². The molecule has 3 aromatic rings. The zero-order chi connectivity index (χ0) is 16.9. The second kappa shape index (κ2) is 8.01. The zero-order valence-corrected chi connectivity index (χ0v) is 15.5. The van der Waals surface area contributed by atoms with Crippen LogP contribution in [0.15, 0.2) is 48.5 Å².